The number of carbonyl (C=O) groups excluding carboxylic acids is 1. The van der Waals surface area contributed by atoms with Gasteiger partial charge in [-0.25, -0.2) is 8.78 Å². The molecule has 0 aliphatic heterocycles. The summed E-state index contributed by atoms with van der Waals surface area (Å²) in [5.41, 5.74) is 0.0539. The maximum atomic E-state index is 13.2. The summed E-state index contributed by atoms with van der Waals surface area (Å²) in [5.74, 6) is -3.61. The fourth-order valence-corrected chi connectivity index (χ4v) is 1.33. The second-order valence-electron chi connectivity index (χ2n) is 3.71. The third-order valence-electron chi connectivity index (χ3n) is 2.32. The van der Waals surface area contributed by atoms with E-state index in [0.717, 1.165) is 19.2 Å². The van der Waals surface area contributed by atoms with Crippen molar-refractivity contribution in [1.29, 1.82) is 0 Å². The second-order valence-corrected chi connectivity index (χ2v) is 3.71. The molecule has 0 atom stereocenters. The van der Waals surface area contributed by atoms with Gasteiger partial charge >= 0.3 is 12.1 Å². The molecular formula is C11H10F5NO. The maximum absolute atomic E-state index is 13.2. The third-order valence-corrected chi connectivity index (χ3v) is 2.32. The first-order valence-corrected chi connectivity index (χ1v) is 4.98. The lowest BCUT2D eigenvalue weighted by Gasteiger charge is -2.18. The Morgan fingerprint density at radius 1 is 1.28 bits per heavy atom. The fraction of sp³-hybridized carbons (Fsp3) is 0.364. The number of rotatable bonds is 3. The molecule has 0 bridgehead atoms. The predicted molar refractivity (Wildman–Crippen MR) is 53.8 cm³/mol. The van der Waals surface area contributed by atoms with E-state index >= 15 is 0 Å². The predicted octanol–water partition coefficient (Wildman–Crippen LogP) is 2.53. The van der Waals surface area contributed by atoms with Crippen molar-refractivity contribution in [1.82, 2.24) is 4.90 Å². The highest BCUT2D eigenvalue weighted by molar-refractivity contribution is 5.81. The van der Waals surface area contributed by atoms with Crippen LogP contribution in [0.5, 0.6) is 0 Å². The molecule has 0 unspecified atom stereocenters. The Morgan fingerprint density at radius 3 is 2.39 bits per heavy atom. The highest BCUT2D eigenvalue weighted by Crippen LogP contribution is 2.18. The van der Waals surface area contributed by atoms with Gasteiger partial charge in [-0.1, -0.05) is 6.07 Å². The van der Waals surface area contributed by atoms with Crippen molar-refractivity contribution in [3.63, 3.8) is 0 Å². The van der Waals surface area contributed by atoms with Crippen LogP contribution in [0.3, 0.4) is 0 Å². The summed E-state index contributed by atoms with van der Waals surface area (Å²) in [7, 11) is 0.969. The minimum absolute atomic E-state index is 0.0539. The smallest absolute Gasteiger partial charge is 0.338 e. The van der Waals surface area contributed by atoms with Crippen LogP contribution in [-0.4, -0.2) is 30.6 Å². The van der Waals surface area contributed by atoms with Crippen molar-refractivity contribution in [2.75, 3.05) is 13.6 Å². The van der Waals surface area contributed by atoms with Crippen LogP contribution in [0.2, 0.25) is 0 Å². The largest absolute Gasteiger partial charge is 0.471 e. The van der Waals surface area contributed by atoms with Crippen LogP contribution in [0.1, 0.15) is 5.56 Å². The zero-order valence-electron chi connectivity index (χ0n) is 9.39. The fourth-order valence-electron chi connectivity index (χ4n) is 1.33. The van der Waals surface area contributed by atoms with Gasteiger partial charge in [0.25, 0.3) is 0 Å². The minimum atomic E-state index is -4.95. The summed E-state index contributed by atoms with van der Waals surface area (Å²) < 4.78 is 61.9. The van der Waals surface area contributed by atoms with Gasteiger partial charge in [0.05, 0.1) is 0 Å². The van der Waals surface area contributed by atoms with Crippen molar-refractivity contribution in [3.8, 4) is 0 Å². The zero-order valence-corrected chi connectivity index (χ0v) is 9.39. The van der Waals surface area contributed by atoms with E-state index in [2.05, 4.69) is 0 Å². The lowest BCUT2D eigenvalue weighted by atomic mass is 10.1. The number of alkyl halides is 3. The monoisotopic (exact) mass is 267 g/mol. The second kappa shape index (κ2) is 5.32. The first-order valence-electron chi connectivity index (χ1n) is 4.98. The van der Waals surface area contributed by atoms with Crippen molar-refractivity contribution in [3.05, 3.63) is 35.4 Å². The highest BCUT2D eigenvalue weighted by atomic mass is 19.4. The van der Waals surface area contributed by atoms with Gasteiger partial charge in [-0.2, -0.15) is 13.2 Å². The van der Waals surface area contributed by atoms with Crippen LogP contribution in [0.4, 0.5) is 22.0 Å². The number of carbonyl (C=O) groups is 1. The molecule has 0 fully saturated rings. The van der Waals surface area contributed by atoms with Crippen LogP contribution in [0, 0.1) is 11.6 Å². The summed E-state index contributed by atoms with van der Waals surface area (Å²) in [6.07, 6.45) is -5.07. The molecule has 0 aromatic heterocycles. The molecule has 1 aromatic carbocycles. The standard InChI is InChI=1S/C11H10F5NO/c1-17(10(18)11(14,15)16)5-4-7-2-3-8(12)6-9(7)13/h2-3,6H,4-5H2,1H3. The number of hydrogen-bond acceptors (Lipinski definition) is 1. The Morgan fingerprint density at radius 2 is 1.89 bits per heavy atom. The Bertz CT molecular complexity index is 444. The van der Waals surface area contributed by atoms with Crippen molar-refractivity contribution >= 4 is 5.91 Å². The molecule has 0 saturated heterocycles. The molecule has 0 spiro atoms. The Kier molecular flexibility index (Phi) is 4.26. The molecule has 1 rings (SSSR count). The minimum Gasteiger partial charge on any atom is -0.338 e. The van der Waals surface area contributed by atoms with Gasteiger partial charge < -0.3 is 4.90 Å². The SMILES string of the molecule is CN(CCc1ccc(F)cc1F)C(=O)C(F)(F)F. The summed E-state index contributed by atoms with van der Waals surface area (Å²) >= 11 is 0. The molecule has 0 heterocycles. The van der Waals surface area contributed by atoms with Gasteiger partial charge in [0.15, 0.2) is 0 Å². The quantitative estimate of drug-likeness (QED) is 0.771. The normalized spacial score (nSPS) is 11.4. The molecule has 1 aromatic rings. The molecule has 7 heteroatoms. The first kappa shape index (κ1) is 14.4. The molecule has 0 aliphatic carbocycles. The van der Waals surface area contributed by atoms with Gasteiger partial charge in [-0.15, -0.1) is 0 Å². The van der Waals surface area contributed by atoms with E-state index in [4.69, 9.17) is 0 Å². The number of benzene rings is 1. The molecule has 0 saturated carbocycles. The number of likely N-dealkylation sites (N-methyl/N-ethyl adjacent to an activating group) is 1. The number of amides is 1. The lowest BCUT2D eigenvalue weighted by molar-refractivity contribution is -0.184. The average Bonchev–Trinajstić information content (AvgIpc) is 2.25. The summed E-state index contributed by atoms with van der Waals surface area (Å²) in [4.78, 5) is 11.2. The molecule has 2 nitrogen and oxygen atoms in total. The number of hydrogen-bond donors (Lipinski definition) is 0. The summed E-state index contributed by atoms with van der Waals surface area (Å²) in [5, 5.41) is 0. The summed E-state index contributed by atoms with van der Waals surface area (Å²) in [6.45, 7) is -0.305. The van der Waals surface area contributed by atoms with Crippen LogP contribution in [-0.2, 0) is 11.2 Å². The molecule has 100 valence electrons. The van der Waals surface area contributed by atoms with Crippen LogP contribution < -0.4 is 0 Å². The van der Waals surface area contributed by atoms with Gasteiger partial charge in [0.2, 0.25) is 0 Å². The summed E-state index contributed by atoms with van der Waals surface area (Å²) in [6, 6.07) is 2.78. The molecule has 1 amide bonds. The van der Waals surface area contributed by atoms with E-state index in [1.807, 2.05) is 0 Å². The molecule has 0 radical (unpaired) electrons. The Labute approximate surface area is 100 Å². The van der Waals surface area contributed by atoms with E-state index in [1.165, 1.54) is 0 Å². The zero-order chi connectivity index (χ0) is 13.9. The van der Waals surface area contributed by atoms with Crippen LogP contribution >= 0.6 is 0 Å². The highest BCUT2D eigenvalue weighted by Gasteiger charge is 2.40. The molecular weight excluding hydrogens is 257 g/mol. The maximum Gasteiger partial charge on any atom is 0.471 e. The Hall–Kier alpha value is -1.66. The van der Waals surface area contributed by atoms with E-state index in [0.29, 0.717) is 11.0 Å². The van der Waals surface area contributed by atoms with Gasteiger partial charge in [-0.05, 0) is 18.1 Å². The van der Waals surface area contributed by atoms with Gasteiger partial charge in [-0.3, -0.25) is 4.79 Å². The molecule has 0 aliphatic rings. The number of nitrogens with zero attached hydrogens (tertiary/aromatic N) is 1. The van der Waals surface area contributed by atoms with Gasteiger partial charge in [0.1, 0.15) is 11.6 Å². The van der Waals surface area contributed by atoms with Gasteiger partial charge in [0, 0.05) is 19.7 Å². The molecule has 0 N–H and O–H groups in total. The van der Waals surface area contributed by atoms with Crippen molar-refractivity contribution in [2.24, 2.45) is 0 Å². The Balaban J connectivity index is 2.63. The van der Waals surface area contributed by atoms with Crippen LogP contribution in [0.15, 0.2) is 18.2 Å². The third kappa shape index (κ3) is 3.68. The van der Waals surface area contributed by atoms with Crippen molar-refractivity contribution < 1.29 is 26.7 Å². The van der Waals surface area contributed by atoms with E-state index < -0.39 is 23.7 Å². The van der Waals surface area contributed by atoms with Crippen molar-refractivity contribution in [2.45, 2.75) is 12.6 Å². The molecule has 18 heavy (non-hydrogen) atoms. The van der Waals surface area contributed by atoms with Crippen LogP contribution in [0.25, 0.3) is 0 Å². The number of halogens is 5. The van der Waals surface area contributed by atoms with E-state index in [-0.39, 0.29) is 18.5 Å². The lowest BCUT2D eigenvalue weighted by Crippen LogP contribution is -2.39. The van der Waals surface area contributed by atoms with E-state index in [9.17, 15) is 26.7 Å². The average molecular weight is 267 g/mol. The first-order chi connectivity index (χ1) is 8.21. The topological polar surface area (TPSA) is 20.3 Å². The van der Waals surface area contributed by atoms with E-state index in [1.54, 1.807) is 0 Å².